The van der Waals surface area contributed by atoms with Crippen LogP contribution >= 0.6 is 0 Å². The lowest BCUT2D eigenvalue weighted by Gasteiger charge is -2.40. The molecule has 34 heavy (non-hydrogen) atoms. The first-order valence-electron chi connectivity index (χ1n) is 11.4. The van der Waals surface area contributed by atoms with Crippen LogP contribution in [-0.4, -0.2) is 61.1 Å². The molecular formula is C24H33BO9. The second kappa shape index (κ2) is 10.1. The van der Waals surface area contributed by atoms with Crippen LogP contribution < -0.4 is 5.46 Å². The molecule has 2 heterocycles. The second-order valence-electron chi connectivity index (χ2n) is 9.70. The highest BCUT2D eigenvalue weighted by Gasteiger charge is 2.52. The van der Waals surface area contributed by atoms with Crippen LogP contribution in [-0.2, 0) is 42.6 Å². The van der Waals surface area contributed by atoms with Gasteiger partial charge in [-0.05, 0) is 38.7 Å². The van der Waals surface area contributed by atoms with E-state index in [1.165, 1.54) is 20.8 Å². The van der Waals surface area contributed by atoms with E-state index < -0.39 is 60.6 Å². The minimum absolute atomic E-state index is 0.0205. The minimum atomic E-state index is -0.886. The number of carbonyl (C=O) groups excluding carboxylic acids is 3. The molecular weight excluding hydrogens is 443 g/mol. The molecule has 0 radical (unpaired) electrons. The standard InChI is InChI=1S/C24H33BO9/c1-14(26)29-13-19-12-20(30-15(2)27)22(31-16(3)28)21(32-19)17-9-8-10-18(11-17)25-33-23(4,5)24(6,7)34-25/h8-11,19-22H,12-13H2,1-7H3. The fraction of sp³-hybridized carbons (Fsp3) is 0.625. The fourth-order valence-corrected chi connectivity index (χ4v) is 4.03. The zero-order chi connectivity index (χ0) is 25.3. The Morgan fingerprint density at radius 2 is 1.59 bits per heavy atom. The number of rotatable bonds is 6. The van der Waals surface area contributed by atoms with E-state index in [0.717, 1.165) is 5.46 Å². The van der Waals surface area contributed by atoms with Crippen molar-refractivity contribution in [3.63, 3.8) is 0 Å². The highest BCUT2D eigenvalue weighted by molar-refractivity contribution is 6.62. The average Bonchev–Trinajstić information content (AvgIpc) is 2.94. The Kier molecular flexibility index (Phi) is 7.74. The number of ether oxygens (including phenoxy) is 4. The Hall–Kier alpha value is -2.43. The van der Waals surface area contributed by atoms with Crippen molar-refractivity contribution in [2.75, 3.05) is 6.61 Å². The zero-order valence-electron chi connectivity index (χ0n) is 20.8. The third kappa shape index (κ3) is 5.97. The van der Waals surface area contributed by atoms with E-state index in [0.29, 0.717) is 5.56 Å². The molecule has 0 saturated carbocycles. The predicted molar refractivity (Wildman–Crippen MR) is 122 cm³/mol. The molecule has 2 fully saturated rings. The summed E-state index contributed by atoms with van der Waals surface area (Å²) in [4.78, 5) is 35.0. The Balaban J connectivity index is 1.94. The number of hydrogen-bond donors (Lipinski definition) is 0. The number of carbonyl (C=O) groups is 3. The largest absolute Gasteiger partial charge is 0.494 e. The second-order valence-corrected chi connectivity index (χ2v) is 9.70. The van der Waals surface area contributed by atoms with E-state index in [2.05, 4.69) is 0 Å². The van der Waals surface area contributed by atoms with Gasteiger partial charge in [-0.2, -0.15) is 0 Å². The summed E-state index contributed by atoms with van der Waals surface area (Å²) in [6, 6.07) is 7.41. The Morgan fingerprint density at radius 1 is 0.971 bits per heavy atom. The van der Waals surface area contributed by atoms with Crippen molar-refractivity contribution >= 4 is 30.5 Å². The Bertz CT molecular complexity index is 913. The lowest BCUT2D eigenvalue weighted by atomic mass is 9.77. The summed E-state index contributed by atoms with van der Waals surface area (Å²) < 4.78 is 34.7. The van der Waals surface area contributed by atoms with E-state index in [-0.39, 0.29) is 13.0 Å². The van der Waals surface area contributed by atoms with Crippen LogP contribution in [0.3, 0.4) is 0 Å². The van der Waals surface area contributed by atoms with Gasteiger partial charge in [-0.15, -0.1) is 0 Å². The first-order valence-corrected chi connectivity index (χ1v) is 11.4. The molecule has 0 aromatic heterocycles. The van der Waals surface area contributed by atoms with Crippen LogP contribution in [0.1, 0.15) is 66.6 Å². The first kappa shape index (κ1) is 26.2. The highest BCUT2D eigenvalue weighted by Crippen LogP contribution is 2.38. The molecule has 1 aromatic rings. The fourth-order valence-electron chi connectivity index (χ4n) is 4.03. The average molecular weight is 476 g/mol. The minimum Gasteiger partial charge on any atom is -0.463 e. The van der Waals surface area contributed by atoms with Gasteiger partial charge in [0.2, 0.25) is 0 Å². The quantitative estimate of drug-likeness (QED) is 0.347. The number of hydrogen-bond acceptors (Lipinski definition) is 9. The van der Waals surface area contributed by atoms with Gasteiger partial charge < -0.3 is 28.3 Å². The maximum absolute atomic E-state index is 11.9. The van der Waals surface area contributed by atoms with Crippen molar-refractivity contribution in [3.05, 3.63) is 29.8 Å². The Morgan fingerprint density at radius 3 is 2.15 bits per heavy atom. The predicted octanol–water partition coefficient (Wildman–Crippen LogP) is 2.24. The van der Waals surface area contributed by atoms with Crippen molar-refractivity contribution in [2.45, 2.75) is 90.5 Å². The van der Waals surface area contributed by atoms with E-state index in [1.807, 2.05) is 52.0 Å². The van der Waals surface area contributed by atoms with Crippen LogP contribution in [0.4, 0.5) is 0 Å². The van der Waals surface area contributed by atoms with Crippen LogP contribution in [0.2, 0.25) is 0 Å². The van der Waals surface area contributed by atoms with Crippen molar-refractivity contribution < 1.29 is 42.6 Å². The molecule has 0 amide bonds. The third-order valence-electron chi connectivity index (χ3n) is 6.36. The van der Waals surface area contributed by atoms with Gasteiger partial charge in [0.25, 0.3) is 0 Å². The smallest absolute Gasteiger partial charge is 0.463 e. The molecule has 0 N–H and O–H groups in total. The molecule has 4 unspecified atom stereocenters. The van der Waals surface area contributed by atoms with Crippen molar-refractivity contribution in [3.8, 4) is 0 Å². The molecule has 3 rings (SSSR count). The van der Waals surface area contributed by atoms with Gasteiger partial charge in [-0.25, -0.2) is 0 Å². The molecule has 4 atom stereocenters. The van der Waals surface area contributed by atoms with Gasteiger partial charge in [0.1, 0.15) is 18.8 Å². The van der Waals surface area contributed by atoms with Gasteiger partial charge in [-0.3, -0.25) is 14.4 Å². The van der Waals surface area contributed by atoms with E-state index in [1.54, 1.807) is 0 Å². The van der Waals surface area contributed by atoms with Crippen LogP contribution in [0.15, 0.2) is 24.3 Å². The lowest BCUT2D eigenvalue weighted by molar-refractivity contribution is -0.214. The summed E-state index contributed by atoms with van der Waals surface area (Å²) in [7, 11) is -0.596. The summed E-state index contributed by atoms with van der Waals surface area (Å²) in [6.45, 7) is 11.8. The van der Waals surface area contributed by atoms with Crippen LogP contribution in [0.25, 0.3) is 0 Å². The molecule has 2 aliphatic heterocycles. The molecule has 0 aliphatic carbocycles. The molecule has 1 aromatic carbocycles. The van der Waals surface area contributed by atoms with Crippen LogP contribution in [0.5, 0.6) is 0 Å². The van der Waals surface area contributed by atoms with Gasteiger partial charge in [0, 0.05) is 27.2 Å². The highest BCUT2D eigenvalue weighted by atomic mass is 16.7. The molecule has 9 nitrogen and oxygen atoms in total. The van der Waals surface area contributed by atoms with Gasteiger partial charge in [-0.1, -0.05) is 24.3 Å². The molecule has 0 bridgehead atoms. The van der Waals surface area contributed by atoms with Gasteiger partial charge in [0.15, 0.2) is 6.10 Å². The number of benzene rings is 1. The maximum atomic E-state index is 11.9. The van der Waals surface area contributed by atoms with Crippen molar-refractivity contribution in [1.82, 2.24) is 0 Å². The summed E-state index contributed by atoms with van der Waals surface area (Å²) in [5.41, 5.74) is 0.436. The summed E-state index contributed by atoms with van der Waals surface area (Å²) in [5, 5.41) is 0. The summed E-state index contributed by atoms with van der Waals surface area (Å²) in [5.74, 6) is -1.50. The zero-order valence-corrected chi connectivity index (χ0v) is 20.8. The third-order valence-corrected chi connectivity index (χ3v) is 6.36. The normalized spacial score (nSPS) is 27.7. The molecule has 10 heteroatoms. The monoisotopic (exact) mass is 476 g/mol. The van der Waals surface area contributed by atoms with E-state index in [4.69, 9.17) is 28.3 Å². The van der Waals surface area contributed by atoms with E-state index >= 15 is 0 Å². The topological polar surface area (TPSA) is 107 Å². The maximum Gasteiger partial charge on any atom is 0.494 e. The molecule has 2 aliphatic rings. The molecule has 186 valence electrons. The van der Waals surface area contributed by atoms with E-state index in [9.17, 15) is 14.4 Å². The van der Waals surface area contributed by atoms with Crippen LogP contribution in [0, 0.1) is 0 Å². The molecule has 0 spiro atoms. The SMILES string of the molecule is CC(=O)OCC1CC(OC(C)=O)C(OC(C)=O)C(c2cccc(B3OC(C)(C)C(C)(C)O3)c2)O1. The molecule has 2 saturated heterocycles. The number of esters is 3. The van der Waals surface area contributed by atoms with Gasteiger partial charge >= 0.3 is 25.0 Å². The summed E-state index contributed by atoms with van der Waals surface area (Å²) >= 11 is 0. The first-order chi connectivity index (χ1) is 15.8. The van der Waals surface area contributed by atoms with Crippen molar-refractivity contribution in [2.24, 2.45) is 0 Å². The van der Waals surface area contributed by atoms with Crippen molar-refractivity contribution in [1.29, 1.82) is 0 Å². The van der Waals surface area contributed by atoms with Gasteiger partial charge in [0.05, 0.1) is 17.3 Å². The summed E-state index contributed by atoms with van der Waals surface area (Å²) in [6.07, 6.45) is -2.79. The Labute approximate surface area is 200 Å². The lowest BCUT2D eigenvalue weighted by Crippen LogP contribution is -2.49.